The van der Waals surface area contributed by atoms with Crippen molar-refractivity contribution in [2.75, 3.05) is 36.5 Å². The zero-order chi connectivity index (χ0) is 25.2. The van der Waals surface area contributed by atoms with Crippen LogP contribution in [0.3, 0.4) is 0 Å². The van der Waals surface area contributed by atoms with Crippen molar-refractivity contribution >= 4 is 34.9 Å². The number of nitrogens with zero attached hydrogens (tertiary/aromatic N) is 3. The molecule has 2 atom stereocenters. The monoisotopic (exact) mass is 502 g/mol. The van der Waals surface area contributed by atoms with Crippen LogP contribution < -0.4 is 15.1 Å². The van der Waals surface area contributed by atoms with E-state index in [-0.39, 0.29) is 48.3 Å². The number of aliphatic hydroxyl groups is 1. The maximum Gasteiger partial charge on any atom is 0.416 e. The van der Waals surface area contributed by atoms with Crippen LogP contribution in [0.5, 0.6) is 0 Å². The number of anilines is 2. The zero-order valence-electron chi connectivity index (χ0n) is 18.4. The highest BCUT2D eigenvalue weighted by Gasteiger charge is 2.43. The molecule has 1 aliphatic rings. The number of carbonyl (C=O) groups is 2. The Morgan fingerprint density at radius 2 is 2.00 bits per heavy atom. The van der Waals surface area contributed by atoms with Crippen LogP contribution in [-0.4, -0.2) is 54.7 Å². The molecule has 2 N–H and O–H groups in total. The fraction of sp³-hybridized carbons (Fsp3) is 0.409. The van der Waals surface area contributed by atoms with Crippen LogP contribution in [0.4, 0.5) is 29.1 Å². The Balaban J connectivity index is 1.97. The number of alkyl halides is 3. The number of pyridine rings is 1. The van der Waals surface area contributed by atoms with Crippen LogP contribution in [0.15, 0.2) is 30.3 Å². The van der Waals surface area contributed by atoms with Crippen molar-refractivity contribution in [1.29, 1.82) is 0 Å². The number of aliphatic hydroxyl groups excluding tert-OH is 1. The van der Waals surface area contributed by atoms with Gasteiger partial charge in [-0.1, -0.05) is 11.6 Å². The maximum absolute atomic E-state index is 13.6. The Kier molecular flexibility index (Phi) is 7.67. The van der Waals surface area contributed by atoms with Crippen molar-refractivity contribution in [3.8, 4) is 0 Å². The smallest absolute Gasteiger partial charge is 0.395 e. The third-order valence-corrected chi connectivity index (χ3v) is 5.84. The molecule has 2 aromatic rings. The van der Waals surface area contributed by atoms with Gasteiger partial charge in [-0.25, -0.2) is 9.37 Å². The van der Waals surface area contributed by atoms with Crippen molar-refractivity contribution < 1.29 is 32.3 Å². The lowest BCUT2D eigenvalue weighted by Gasteiger charge is -2.29. The molecular formula is C22H23ClF4N4O3. The van der Waals surface area contributed by atoms with Gasteiger partial charge in [0.05, 0.1) is 23.1 Å². The largest absolute Gasteiger partial charge is 0.416 e. The Morgan fingerprint density at radius 1 is 1.29 bits per heavy atom. The SMILES string of the molecule is Cc1cc(C(F)(F)F)cc(N2C[C@@H](C(=O)NCCO)C[C@H]2C(=O)N(C)c2ccc(F)c(Cl)c2)n1. The number of likely N-dealkylation sites (N-methyl/N-ethyl adjacent to an activating group) is 1. The molecule has 0 saturated carbocycles. The number of nitrogens with one attached hydrogen (secondary N) is 1. The molecule has 2 heterocycles. The van der Waals surface area contributed by atoms with Gasteiger partial charge in [-0.05, 0) is 43.7 Å². The van der Waals surface area contributed by atoms with Gasteiger partial charge in [0.15, 0.2) is 0 Å². The van der Waals surface area contributed by atoms with E-state index in [9.17, 15) is 27.2 Å². The molecule has 2 amide bonds. The molecule has 34 heavy (non-hydrogen) atoms. The zero-order valence-corrected chi connectivity index (χ0v) is 19.1. The average Bonchev–Trinajstić information content (AvgIpc) is 3.23. The number of aryl methyl sites for hydroxylation is 1. The van der Waals surface area contributed by atoms with Gasteiger partial charge < -0.3 is 20.2 Å². The van der Waals surface area contributed by atoms with Gasteiger partial charge in [-0.3, -0.25) is 9.59 Å². The van der Waals surface area contributed by atoms with Crippen LogP contribution in [0.1, 0.15) is 17.7 Å². The highest BCUT2D eigenvalue weighted by Crippen LogP contribution is 2.35. The van der Waals surface area contributed by atoms with E-state index in [0.29, 0.717) is 0 Å². The summed E-state index contributed by atoms with van der Waals surface area (Å²) in [5.74, 6) is -2.46. The summed E-state index contributed by atoms with van der Waals surface area (Å²) >= 11 is 5.82. The molecule has 1 aromatic carbocycles. The Bertz CT molecular complexity index is 1080. The van der Waals surface area contributed by atoms with E-state index in [1.54, 1.807) is 0 Å². The first-order chi connectivity index (χ1) is 15.9. The average molecular weight is 503 g/mol. The highest BCUT2D eigenvalue weighted by atomic mass is 35.5. The summed E-state index contributed by atoms with van der Waals surface area (Å²) in [7, 11) is 1.42. The van der Waals surface area contributed by atoms with Crippen LogP contribution in [0, 0.1) is 18.7 Å². The minimum Gasteiger partial charge on any atom is -0.395 e. The lowest BCUT2D eigenvalue weighted by atomic mass is 10.0. The lowest BCUT2D eigenvalue weighted by Crippen LogP contribution is -2.44. The molecule has 184 valence electrons. The molecule has 1 saturated heterocycles. The van der Waals surface area contributed by atoms with Gasteiger partial charge in [-0.2, -0.15) is 13.2 Å². The van der Waals surface area contributed by atoms with E-state index in [1.165, 1.54) is 35.9 Å². The minimum atomic E-state index is -4.62. The number of benzene rings is 1. The van der Waals surface area contributed by atoms with Crippen LogP contribution >= 0.6 is 11.6 Å². The number of rotatable bonds is 6. The molecule has 0 spiro atoms. The molecule has 3 rings (SSSR count). The lowest BCUT2D eigenvalue weighted by molar-refractivity contribution is -0.137. The number of halogens is 5. The van der Waals surface area contributed by atoms with Crippen LogP contribution in [0.2, 0.25) is 5.02 Å². The highest BCUT2D eigenvalue weighted by molar-refractivity contribution is 6.31. The second-order valence-corrected chi connectivity index (χ2v) is 8.37. The first-order valence-corrected chi connectivity index (χ1v) is 10.7. The third kappa shape index (κ3) is 5.58. The minimum absolute atomic E-state index is 0.00282. The number of amides is 2. The summed E-state index contributed by atoms with van der Waals surface area (Å²) in [6, 6.07) is 4.42. The van der Waals surface area contributed by atoms with E-state index in [1.807, 2.05) is 0 Å². The van der Waals surface area contributed by atoms with E-state index in [2.05, 4.69) is 10.3 Å². The maximum atomic E-state index is 13.6. The van der Waals surface area contributed by atoms with Gasteiger partial charge in [0, 0.05) is 31.5 Å². The Labute approximate surface area is 198 Å². The van der Waals surface area contributed by atoms with Gasteiger partial charge in [0.1, 0.15) is 17.7 Å². The molecule has 1 aliphatic heterocycles. The van der Waals surface area contributed by atoms with Gasteiger partial charge >= 0.3 is 6.18 Å². The van der Waals surface area contributed by atoms with Crippen molar-refractivity contribution in [3.05, 3.63) is 52.4 Å². The predicted octanol–water partition coefficient (Wildman–Crippen LogP) is 3.17. The molecule has 0 aliphatic carbocycles. The number of aromatic nitrogens is 1. The predicted molar refractivity (Wildman–Crippen MR) is 118 cm³/mol. The van der Waals surface area contributed by atoms with Crippen LogP contribution in [0.25, 0.3) is 0 Å². The molecule has 0 bridgehead atoms. The number of hydrogen-bond acceptors (Lipinski definition) is 5. The van der Waals surface area contributed by atoms with E-state index < -0.39 is 41.3 Å². The van der Waals surface area contributed by atoms with E-state index >= 15 is 0 Å². The summed E-state index contributed by atoms with van der Waals surface area (Å²) in [5.41, 5.74) is -0.548. The topological polar surface area (TPSA) is 85.8 Å². The molecule has 0 radical (unpaired) electrons. The van der Waals surface area contributed by atoms with E-state index in [0.717, 1.165) is 18.2 Å². The van der Waals surface area contributed by atoms with Crippen molar-refractivity contribution in [3.63, 3.8) is 0 Å². The molecule has 1 fully saturated rings. The quantitative estimate of drug-likeness (QED) is 0.593. The first-order valence-electron chi connectivity index (χ1n) is 10.4. The standard InChI is InChI=1S/C22H23ClF4N4O3/c1-12-7-14(22(25,26)27)9-19(29-12)31-11-13(20(33)28-5-6-32)8-18(31)21(34)30(2)15-3-4-17(24)16(23)10-15/h3-4,7,9-10,13,18,32H,5-6,8,11H2,1-2H3,(H,28,33)/t13-,18-/m0/s1. The molecule has 7 nitrogen and oxygen atoms in total. The van der Waals surface area contributed by atoms with Crippen molar-refractivity contribution in [1.82, 2.24) is 10.3 Å². The van der Waals surface area contributed by atoms with E-state index in [4.69, 9.17) is 16.7 Å². The van der Waals surface area contributed by atoms with Crippen molar-refractivity contribution in [2.45, 2.75) is 25.6 Å². The van der Waals surface area contributed by atoms with Gasteiger partial charge in [-0.15, -0.1) is 0 Å². The second kappa shape index (κ2) is 10.1. The Hall–Kier alpha value is -2.92. The fourth-order valence-corrected chi connectivity index (χ4v) is 4.02. The third-order valence-electron chi connectivity index (χ3n) is 5.55. The normalized spacial score (nSPS) is 18.2. The van der Waals surface area contributed by atoms with Crippen LogP contribution in [-0.2, 0) is 15.8 Å². The molecule has 1 aromatic heterocycles. The molecule has 0 unspecified atom stereocenters. The van der Waals surface area contributed by atoms with Gasteiger partial charge in [0.25, 0.3) is 0 Å². The second-order valence-electron chi connectivity index (χ2n) is 7.96. The Morgan fingerprint density at radius 3 is 2.62 bits per heavy atom. The molecular weight excluding hydrogens is 480 g/mol. The fourth-order valence-electron chi connectivity index (χ4n) is 3.84. The summed E-state index contributed by atoms with van der Waals surface area (Å²) < 4.78 is 53.8. The first kappa shape index (κ1) is 25.7. The molecule has 12 heteroatoms. The summed E-state index contributed by atoms with van der Waals surface area (Å²) in [4.78, 5) is 32.7. The summed E-state index contributed by atoms with van der Waals surface area (Å²) in [5, 5.41) is 11.3. The number of carbonyl (C=O) groups excluding carboxylic acids is 2. The van der Waals surface area contributed by atoms with Gasteiger partial charge in [0.2, 0.25) is 11.8 Å². The van der Waals surface area contributed by atoms with Crippen molar-refractivity contribution in [2.24, 2.45) is 5.92 Å². The number of hydrogen-bond donors (Lipinski definition) is 2. The summed E-state index contributed by atoms with van der Waals surface area (Å²) in [6.07, 6.45) is -4.62. The summed E-state index contributed by atoms with van der Waals surface area (Å²) in [6.45, 7) is 1.07.